The van der Waals surface area contributed by atoms with Crippen LogP contribution in [-0.2, 0) is 13.1 Å². The van der Waals surface area contributed by atoms with Gasteiger partial charge in [-0.2, -0.15) is 0 Å². The molecule has 1 amide bonds. The van der Waals surface area contributed by atoms with Gasteiger partial charge in [-0.3, -0.25) is 18.9 Å². The van der Waals surface area contributed by atoms with E-state index < -0.39 is 0 Å². The quantitative estimate of drug-likeness (QED) is 0.525. The monoisotopic (exact) mass is 415 g/mol. The largest absolute Gasteiger partial charge is 0.357 e. The first-order valence-corrected chi connectivity index (χ1v) is 10.5. The summed E-state index contributed by atoms with van der Waals surface area (Å²) < 4.78 is 1.41. The summed E-state index contributed by atoms with van der Waals surface area (Å²) in [6, 6.07) is 14.8. The van der Waals surface area contributed by atoms with Crippen molar-refractivity contribution in [3.63, 3.8) is 0 Å². The summed E-state index contributed by atoms with van der Waals surface area (Å²) in [5.74, 6) is -0.365. The van der Waals surface area contributed by atoms with Crippen molar-refractivity contribution in [2.24, 2.45) is 5.41 Å². The Labute approximate surface area is 179 Å². The van der Waals surface area contributed by atoms with Gasteiger partial charge in [-0.15, -0.1) is 0 Å². The highest BCUT2D eigenvalue weighted by atomic mass is 16.2. The van der Waals surface area contributed by atoms with E-state index in [0.717, 1.165) is 36.1 Å². The van der Waals surface area contributed by atoms with Gasteiger partial charge in [0.1, 0.15) is 11.3 Å². The lowest BCUT2D eigenvalue weighted by Gasteiger charge is -2.45. The van der Waals surface area contributed by atoms with Crippen LogP contribution < -0.4 is 10.9 Å². The average Bonchev–Trinajstić information content (AvgIpc) is 3.12. The maximum atomic E-state index is 12.6. The Morgan fingerprint density at radius 2 is 2.00 bits per heavy atom. The third-order valence-corrected chi connectivity index (χ3v) is 5.70. The fourth-order valence-electron chi connectivity index (χ4n) is 4.39. The standard InChI is InChI=1S/C24H25N5O2/c1-24(2)14-28(15-24)13-18-10-17-7-6-16(9-19(17)26-18)12-25-23(31)20-11-22(30)29-8-4-3-5-21(29)27-20/h3-11,26H,12-15H2,1-2H3,(H,25,31). The lowest BCUT2D eigenvalue weighted by Crippen LogP contribution is -2.52. The van der Waals surface area contributed by atoms with Crippen LogP contribution >= 0.6 is 0 Å². The van der Waals surface area contributed by atoms with Crippen LogP contribution in [0.25, 0.3) is 16.6 Å². The summed E-state index contributed by atoms with van der Waals surface area (Å²) in [7, 11) is 0. The Kier molecular flexibility index (Phi) is 4.63. The van der Waals surface area contributed by atoms with Crippen molar-refractivity contribution >= 4 is 22.5 Å². The number of rotatable bonds is 5. The molecule has 0 spiro atoms. The van der Waals surface area contributed by atoms with Crippen LogP contribution in [0.1, 0.15) is 35.6 Å². The summed E-state index contributed by atoms with van der Waals surface area (Å²) in [6.45, 7) is 8.10. The number of carbonyl (C=O) groups excluding carboxylic acids is 1. The van der Waals surface area contributed by atoms with Gasteiger partial charge in [0.05, 0.1) is 0 Å². The summed E-state index contributed by atoms with van der Waals surface area (Å²) >= 11 is 0. The highest BCUT2D eigenvalue weighted by Gasteiger charge is 2.33. The smallest absolute Gasteiger partial charge is 0.270 e. The summed E-state index contributed by atoms with van der Waals surface area (Å²) in [6.07, 6.45) is 1.63. The summed E-state index contributed by atoms with van der Waals surface area (Å²) in [5, 5.41) is 4.03. The third kappa shape index (κ3) is 3.96. The Hall–Kier alpha value is -3.45. The van der Waals surface area contributed by atoms with Crippen LogP contribution in [0.5, 0.6) is 0 Å². The molecular formula is C24H25N5O2. The van der Waals surface area contributed by atoms with E-state index in [0.29, 0.717) is 17.6 Å². The first kappa shape index (κ1) is 19.5. The minimum Gasteiger partial charge on any atom is -0.357 e. The average molecular weight is 415 g/mol. The van der Waals surface area contributed by atoms with Crippen molar-refractivity contribution < 1.29 is 4.79 Å². The van der Waals surface area contributed by atoms with Crippen molar-refractivity contribution in [1.29, 1.82) is 0 Å². The number of amides is 1. The second-order valence-corrected chi connectivity index (χ2v) is 9.12. The van der Waals surface area contributed by atoms with Gasteiger partial charge in [-0.1, -0.05) is 32.0 Å². The predicted molar refractivity (Wildman–Crippen MR) is 120 cm³/mol. The second kappa shape index (κ2) is 7.35. The number of pyridine rings is 1. The molecule has 0 atom stereocenters. The first-order valence-electron chi connectivity index (χ1n) is 10.5. The zero-order valence-electron chi connectivity index (χ0n) is 17.7. The number of H-pyrrole nitrogens is 1. The van der Waals surface area contributed by atoms with E-state index in [9.17, 15) is 9.59 Å². The summed E-state index contributed by atoms with van der Waals surface area (Å²) in [4.78, 5) is 35.0. The Morgan fingerprint density at radius 1 is 1.16 bits per heavy atom. The van der Waals surface area contributed by atoms with E-state index in [1.165, 1.54) is 16.2 Å². The Balaban J connectivity index is 1.27. The van der Waals surface area contributed by atoms with Crippen molar-refractivity contribution in [2.45, 2.75) is 26.9 Å². The van der Waals surface area contributed by atoms with Crippen LogP contribution in [0.3, 0.4) is 0 Å². The molecule has 158 valence electrons. The third-order valence-electron chi connectivity index (χ3n) is 5.70. The van der Waals surface area contributed by atoms with E-state index in [2.05, 4.69) is 52.2 Å². The maximum Gasteiger partial charge on any atom is 0.270 e. The molecule has 1 fully saturated rings. The van der Waals surface area contributed by atoms with Gasteiger partial charge in [0.15, 0.2) is 0 Å². The van der Waals surface area contributed by atoms with Crippen LogP contribution in [0.15, 0.2) is 59.5 Å². The molecule has 7 nitrogen and oxygen atoms in total. The molecule has 4 heterocycles. The van der Waals surface area contributed by atoms with Gasteiger partial charge in [0, 0.05) is 49.7 Å². The molecule has 3 aromatic heterocycles. The van der Waals surface area contributed by atoms with Gasteiger partial charge in [-0.25, -0.2) is 4.98 Å². The molecule has 0 unspecified atom stereocenters. The lowest BCUT2D eigenvalue weighted by atomic mass is 9.84. The SMILES string of the molecule is CC1(C)CN(Cc2cc3ccc(CNC(=O)c4cc(=O)n5ccccc5n4)cc3[nH]2)C1. The zero-order valence-corrected chi connectivity index (χ0v) is 17.7. The number of hydrogen-bond acceptors (Lipinski definition) is 4. The van der Waals surface area contributed by atoms with Gasteiger partial charge < -0.3 is 10.3 Å². The molecule has 0 radical (unpaired) electrons. The number of aromatic amines is 1. The van der Waals surface area contributed by atoms with Crippen LogP contribution in [0, 0.1) is 5.41 Å². The van der Waals surface area contributed by atoms with Gasteiger partial charge in [0.2, 0.25) is 0 Å². The molecule has 1 aliphatic rings. The number of fused-ring (bicyclic) bond motifs is 2. The van der Waals surface area contributed by atoms with E-state index >= 15 is 0 Å². The molecule has 4 aromatic rings. The van der Waals surface area contributed by atoms with Crippen molar-refractivity contribution in [3.05, 3.63) is 82.0 Å². The van der Waals surface area contributed by atoms with Gasteiger partial charge >= 0.3 is 0 Å². The fourth-order valence-corrected chi connectivity index (χ4v) is 4.39. The first-order chi connectivity index (χ1) is 14.9. The number of carbonyl (C=O) groups is 1. The van der Waals surface area contributed by atoms with Crippen LogP contribution in [0.4, 0.5) is 0 Å². The number of likely N-dealkylation sites (tertiary alicyclic amines) is 1. The van der Waals surface area contributed by atoms with Crippen molar-refractivity contribution in [2.75, 3.05) is 13.1 Å². The zero-order chi connectivity index (χ0) is 21.6. The molecule has 0 saturated carbocycles. The molecule has 0 aliphatic carbocycles. The predicted octanol–water partition coefficient (Wildman–Crippen LogP) is 2.95. The summed E-state index contributed by atoms with van der Waals surface area (Å²) in [5.41, 5.74) is 3.96. The number of nitrogens with zero attached hydrogens (tertiary/aromatic N) is 3. The topological polar surface area (TPSA) is 82.5 Å². The van der Waals surface area contributed by atoms with Crippen molar-refractivity contribution in [1.82, 2.24) is 24.6 Å². The van der Waals surface area contributed by atoms with E-state index in [1.807, 2.05) is 6.07 Å². The highest BCUT2D eigenvalue weighted by molar-refractivity contribution is 5.92. The normalized spacial score (nSPS) is 15.8. The van der Waals surface area contributed by atoms with E-state index in [1.54, 1.807) is 24.4 Å². The highest BCUT2D eigenvalue weighted by Crippen LogP contribution is 2.30. The van der Waals surface area contributed by atoms with E-state index in [4.69, 9.17) is 0 Å². The molecule has 0 bridgehead atoms. The minimum atomic E-state index is -0.365. The molecule has 31 heavy (non-hydrogen) atoms. The molecular weight excluding hydrogens is 390 g/mol. The van der Waals surface area contributed by atoms with E-state index in [-0.39, 0.29) is 17.2 Å². The number of hydrogen-bond donors (Lipinski definition) is 2. The Morgan fingerprint density at radius 3 is 2.81 bits per heavy atom. The molecule has 1 saturated heterocycles. The molecule has 7 heteroatoms. The van der Waals surface area contributed by atoms with Gasteiger partial charge in [-0.05, 0) is 40.6 Å². The number of nitrogens with one attached hydrogen (secondary N) is 2. The maximum absolute atomic E-state index is 12.6. The molecule has 5 rings (SSSR count). The van der Waals surface area contributed by atoms with Crippen LogP contribution in [-0.4, -0.2) is 38.3 Å². The fraction of sp³-hybridized carbons (Fsp3) is 0.292. The molecule has 1 aromatic carbocycles. The van der Waals surface area contributed by atoms with Gasteiger partial charge in [0.25, 0.3) is 11.5 Å². The minimum absolute atomic E-state index is 0.122. The Bertz CT molecular complexity index is 1340. The number of aromatic nitrogens is 3. The second-order valence-electron chi connectivity index (χ2n) is 9.12. The molecule has 2 N–H and O–H groups in total. The van der Waals surface area contributed by atoms with Crippen molar-refractivity contribution in [3.8, 4) is 0 Å². The lowest BCUT2D eigenvalue weighted by molar-refractivity contribution is 0.0234. The molecule has 1 aliphatic heterocycles. The number of benzene rings is 1. The van der Waals surface area contributed by atoms with Crippen LogP contribution in [0.2, 0.25) is 0 Å².